The summed E-state index contributed by atoms with van der Waals surface area (Å²) in [5.41, 5.74) is 0.114. The topological polar surface area (TPSA) is 55.6 Å². The number of hydrogen-bond acceptors (Lipinski definition) is 4. The second-order valence-electron chi connectivity index (χ2n) is 8.26. The number of rotatable bonds is 7. The van der Waals surface area contributed by atoms with Crippen LogP contribution in [0.5, 0.6) is 0 Å². The first-order valence-corrected chi connectivity index (χ1v) is 11.9. The van der Waals surface area contributed by atoms with Crippen LogP contribution in [-0.2, 0) is 4.43 Å². The highest BCUT2D eigenvalue weighted by Gasteiger charge is 2.47. The van der Waals surface area contributed by atoms with E-state index >= 15 is 0 Å². The fourth-order valence-corrected chi connectivity index (χ4v) is 10.1. The lowest BCUT2D eigenvalue weighted by molar-refractivity contribution is -0.385. The molecule has 1 unspecified atom stereocenters. The van der Waals surface area contributed by atoms with Crippen LogP contribution < -0.4 is 4.90 Å². The second-order valence-corrected chi connectivity index (χ2v) is 13.7. The number of non-ortho nitro benzene ring substituents is 1. The van der Waals surface area contributed by atoms with Crippen LogP contribution in [0.15, 0.2) is 24.3 Å². The predicted molar refractivity (Wildman–Crippen MR) is 110 cm³/mol. The fourth-order valence-electron chi connectivity index (χ4n) is 4.57. The summed E-state index contributed by atoms with van der Waals surface area (Å²) in [6.45, 7) is 13.2. The van der Waals surface area contributed by atoms with Crippen LogP contribution in [0, 0.1) is 21.7 Å². The lowest BCUT2D eigenvalue weighted by Gasteiger charge is -2.47. The molecule has 0 bridgehead atoms. The first-order valence-electron chi connectivity index (χ1n) is 9.75. The smallest absolute Gasteiger partial charge is 0.275 e. The van der Waals surface area contributed by atoms with Crippen LogP contribution in [0.3, 0.4) is 0 Å². The molecule has 1 aliphatic rings. The van der Waals surface area contributed by atoms with Gasteiger partial charge in [-0.15, -0.1) is 0 Å². The van der Waals surface area contributed by atoms with E-state index in [1.54, 1.807) is 4.90 Å². The number of halogens is 2. The van der Waals surface area contributed by atoms with Crippen molar-refractivity contribution in [1.82, 2.24) is 0 Å². The maximum atomic E-state index is 14.7. The van der Waals surface area contributed by atoms with Crippen molar-refractivity contribution in [2.24, 2.45) is 0 Å². The van der Waals surface area contributed by atoms with Gasteiger partial charge in [-0.05, 0) is 16.6 Å². The van der Waals surface area contributed by atoms with Crippen molar-refractivity contribution in [3.05, 3.63) is 46.0 Å². The zero-order chi connectivity index (χ0) is 21.2. The quantitative estimate of drug-likeness (QED) is 0.233. The highest BCUT2D eigenvalue weighted by atomic mass is 28.4. The van der Waals surface area contributed by atoms with E-state index in [0.29, 0.717) is 23.0 Å². The number of nitrogens with zero attached hydrogens (tertiary/aromatic N) is 2. The summed E-state index contributed by atoms with van der Waals surface area (Å²) in [5.74, 6) is -1.89. The molecule has 1 heterocycles. The summed E-state index contributed by atoms with van der Waals surface area (Å²) >= 11 is 0. The third kappa shape index (κ3) is 4.12. The lowest BCUT2D eigenvalue weighted by Crippen LogP contribution is -2.54. The highest BCUT2D eigenvalue weighted by Crippen LogP contribution is 2.44. The van der Waals surface area contributed by atoms with Crippen LogP contribution in [0.25, 0.3) is 0 Å². The molecule has 1 aliphatic heterocycles. The Hall–Kier alpha value is -1.80. The van der Waals surface area contributed by atoms with Gasteiger partial charge in [0.1, 0.15) is 11.9 Å². The Morgan fingerprint density at radius 3 is 2.00 bits per heavy atom. The second kappa shape index (κ2) is 8.69. The molecule has 1 aromatic rings. The van der Waals surface area contributed by atoms with Gasteiger partial charge in [-0.2, -0.15) is 0 Å². The molecule has 0 radical (unpaired) electrons. The van der Waals surface area contributed by atoms with Crippen molar-refractivity contribution in [2.45, 2.75) is 70.8 Å². The summed E-state index contributed by atoms with van der Waals surface area (Å²) in [5, 5.41) is 10.9. The molecule has 0 saturated carbocycles. The van der Waals surface area contributed by atoms with Crippen LogP contribution in [0.2, 0.25) is 16.6 Å². The minimum absolute atomic E-state index is 0.265. The van der Waals surface area contributed by atoms with E-state index in [0.717, 1.165) is 12.1 Å². The van der Waals surface area contributed by atoms with Crippen molar-refractivity contribution in [2.75, 3.05) is 11.4 Å². The van der Waals surface area contributed by atoms with Gasteiger partial charge in [0, 0.05) is 13.0 Å². The van der Waals surface area contributed by atoms with E-state index in [1.165, 1.54) is 0 Å². The average molecular weight is 413 g/mol. The van der Waals surface area contributed by atoms with Gasteiger partial charge in [-0.25, -0.2) is 8.78 Å². The Labute approximate surface area is 166 Å². The normalized spacial score (nSPS) is 17.8. The van der Waals surface area contributed by atoms with E-state index in [1.807, 2.05) is 12.2 Å². The summed E-state index contributed by atoms with van der Waals surface area (Å²) in [6.07, 6.45) is 3.80. The molecule has 0 aromatic heterocycles. The fraction of sp³-hybridized carbons (Fsp3) is 0.600. The third-order valence-corrected chi connectivity index (χ3v) is 11.8. The molecule has 0 saturated heterocycles. The molecule has 8 heteroatoms. The van der Waals surface area contributed by atoms with Crippen LogP contribution >= 0.6 is 0 Å². The number of nitro benzene ring substituents is 1. The summed E-state index contributed by atoms with van der Waals surface area (Å²) in [7, 11) is -2.28. The van der Waals surface area contributed by atoms with E-state index in [2.05, 4.69) is 41.5 Å². The third-order valence-electron chi connectivity index (χ3n) is 5.70. The summed E-state index contributed by atoms with van der Waals surface area (Å²) < 4.78 is 36.1. The van der Waals surface area contributed by atoms with Gasteiger partial charge in [0.25, 0.3) is 5.69 Å². The van der Waals surface area contributed by atoms with Crippen LogP contribution in [0.4, 0.5) is 20.2 Å². The molecule has 0 aliphatic carbocycles. The molecular formula is C20H30F2N2O3Si. The first-order chi connectivity index (χ1) is 13.0. The van der Waals surface area contributed by atoms with Gasteiger partial charge in [-0.1, -0.05) is 53.7 Å². The van der Waals surface area contributed by atoms with Gasteiger partial charge < -0.3 is 9.33 Å². The number of anilines is 1. The van der Waals surface area contributed by atoms with Crippen molar-refractivity contribution in [1.29, 1.82) is 0 Å². The van der Waals surface area contributed by atoms with Gasteiger partial charge >= 0.3 is 0 Å². The zero-order valence-electron chi connectivity index (χ0n) is 17.4. The highest BCUT2D eigenvalue weighted by molar-refractivity contribution is 6.77. The van der Waals surface area contributed by atoms with Crippen LogP contribution in [0.1, 0.15) is 48.0 Å². The van der Waals surface area contributed by atoms with Crippen LogP contribution in [-0.4, -0.2) is 26.0 Å². The van der Waals surface area contributed by atoms with Gasteiger partial charge in [0.15, 0.2) is 11.6 Å². The van der Waals surface area contributed by atoms with Gasteiger partial charge in [-0.3, -0.25) is 10.1 Å². The maximum Gasteiger partial charge on any atom is 0.275 e. The first kappa shape index (κ1) is 22.5. The summed E-state index contributed by atoms with van der Waals surface area (Å²) in [4.78, 5) is 11.7. The lowest BCUT2D eigenvalue weighted by atomic mass is 10.1. The molecule has 0 N–H and O–H groups in total. The van der Waals surface area contributed by atoms with Gasteiger partial charge in [0.2, 0.25) is 8.32 Å². The minimum Gasteiger partial charge on any atom is -0.396 e. The van der Waals surface area contributed by atoms with E-state index in [-0.39, 0.29) is 12.2 Å². The predicted octanol–water partition coefficient (Wildman–Crippen LogP) is 6.16. The molecule has 0 spiro atoms. The molecule has 2 rings (SSSR count). The maximum absolute atomic E-state index is 14.7. The Bertz CT molecular complexity index is 708. The Kier molecular flexibility index (Phi) is 6.98. The molecule has 1 aromatic carbocycles. The minimum atomic E-state index is -2.28. The Morgan fingerprint density at radius 2 is 1.57 bits per heavy atom. The van der Waals surface area contributed by atoms with E-state index in [9.17, 15) is 18.9 Å². The zero-order valence-corrected chi connectivity index (χ0v) is 18.4. The number of benzene rings is 1. The Morgan fingerprint density at radius 1 is 1.07 bits per heavy atom. The van der Waals surface area contributed by atoms with Crippen molar-refractivity contribution in [3.8, 4) is 0 Å². The molecule has 1 atom stereocenters. The standard InChI is InChI=1S/C20H30F2N2O3Si/c1-13(2)28(14(3)4,15(5)6)27-19-9-7-8-10-23(19)20-17(21)11-16(24(25)26)12-18(20)22/h7-8,11-15,19H,9-10H2,1-6H3. The largest absolute Gasteiger partial charge is 0.396 e. The van der Waals surface area contributed by atoms with E-state index in [4.69, 9.17) is 4.43 Å². The molecule has 5 nitrogen and oxygen atoms in total. The van der Waals surface area contributed by atoms with Crippen molar-refractivity contribution < 1.29 is 18.1 Å². The molecule has 0 amide bonds. The molecule has 156 valence electrons. The monoisotopic (exact) mass is 412 g/mol. The van der Waals surface area contributed by atoms with Crippen molar-refractivity contribution >= 4 is 19.7 Å². The summed E-state index contributed by atoms with van der Waals surface area (Å²) in [6, 6.07) is 1.54. The molecule has 0 fully saturated rings. The Balaban J connectivity index is 2.48. The average Bonchev–Trinajstić information content (AvgIpc) is 2.59. The molecular weight excluding hydrogens is 382 g/mol. The van der Waals surface area contributed by atoms with Gasteiger partial charge in [0.05, 0.1) is 17.1 Å². The number of nitro groups is 1. The molecule has 28 heavy (non-hydrogen) atoms. The van der Waals surface area contributed by atoms with E-state index < -0.39 is 36.8 Å². The van der Waals surface area contributed by atoms with Crippen molar-refractivity contribution in [3.63, 3.8) is 0 Å². The SMILES string of the molecule is CC(C)[Si](OC1CC=CCN1c1c(F)cc([N+](=O)[O-])cc1F)(C(C)C)C(C)C. The number of hydrogen-bond donors (Lipinski definition) is 0.